The Morgan fingerprint density at radius 3 is 2.80 bits per heavy atom. The minimum absolute atomic E-state index is 0.00166. The average molecular weight is 373 g/mol. The molecule has 0 bridgehead atoms. The van der Waals surface area contributed by atoms with Crippen LogP contribution in [0.25, 0.3) is 0 Å². The quantitative estimate of drug-likeness (QED) is 0.313. The lowest BCUT2D eigenvalue weighted by molar-refractivity contribution is -0.105. The highest BCUT2D eigenvalue weighted by atomic mass is 32.2. The summed E-state index contributed by atoms with van der Waals surface area (Å²) in [4.78, 5) is 10.6. The highest BCUT2D eigenvalue weighted by molar-refractivity contribution is 7.79. The summed E-state index contributed by atoms with van der Waals surface area (Å²) in [5, 5.41) is 5.88. The minimum Gasteiger partial charge on any atom is -0.328 e. The lowest BCUT2D eigenvalue weighted by Crippen LogP contribution is -2.32. The van der Waals surface area contributed by atoms with E-state index in [4.69, 9.17) is 10.3 Å². The molecule has 3 atom stereocenters. The summed E-state index contributed by atoms with van der Waals surface area (Å²) in [6.07, 6.45) is 3.93. The molecule has 1 amide bonds. The maximum absolute atomic E-state index is 13.9. The maximum atomic E-state index is 13.9. The minimum atomic E-state index is -1.75. The number of halogens is 1. The molecule has 0 heterocycles. The van der Waals surface area contributed by atoms with Crippen molar-refractivity contribution in [1.29, 1.82) is 0 Å². The molecule has 0 aliphatic carbocycles. The molecule has 0 aliphatic heterocycles. The summed E-state index contributed by atoms with van der Waals surface area (Å²) in [7, 11) is 0. The van der Waals surface area contributed by atoms with Crippen LogP contribution in [0, 0.1) is 5.82 Å². The van der Waals surface area contributed by atoms with Gasteiger partial charge in [0, 0.05) is 29.1 Å². The number of rotatable bonds is 13. The third-order valence-electron chi connectivity index (χ3n) is 4.06. The number of amides is 1. The summed E-state index contributed by atoms with van der Waals surface area (Å²) in [5.41, 5.74) is 6.99. The number of hydrogen-bond acceptors (Lipinski definition) is 4. The van der Waals surface area contributed by atoms with E-state index in [2.05, 4.69) is 10.6 Å². The van der Waals surface area contributed by atoms with Gasteiger partial charge in [0.05, 0.1) is 0 Å². The van der Waals surface area contributed by atoms with Gasteiger partial charge >= 0.3 is 0 Å². The summed E-state index contributed by atoms with van der Waals surface area (Å²) < 4.78 is 33.2. The Kier molecular flexibility index (Phi) is 10.5. The van der Waals surface area contributed by atoms with Gasteiger partial charge in [-0.15, -0.1) is 0 Å². The fourth-order valence-electron chi connectivity index (χ4n) is 2.60. The highest BCUT2D eigenvalue weighted by Crippen LogP contribution is 2.20. The van der Waals surface area contributed by atoms with Crippen molar-refractivity contribution in [3.63, 3.8) is 0 Å². The van der Waals surface area contributed by atoms with E-state index in [9.17, 15) is 13.4 Å². The average Bonchev–Trinajstić information content (AvgIpc) is 2.54. The van der Waals surface area contributed by atoms with Gasteiger partial charge in [-0.3, -0.25) is 4.79 Å². The van der Waals surface area contributed by atoms with Crippen molar-refractivity contribution in [2.24, 2.45) is 5.73 Å². The van der Waals surface area contributed by atoms with Crippen LogP contribution in [0.3, 0.4) is 0 Å². The van der Waals surface area contributed by atoms with Crippen molar-refractivity contribution in [1.82, 2.24) is 5.32 Å². The number of nitrogens with one attached hydrogen (secondary N) is 2. The second kappa shape index (κ2) is 12.1. The van der Waals surface area contributed by atoms with Gasteiger partial charge in [0.15, 0.2) is 11.1 Å². The van der Waals surface area contributed by atoms with Gasteiger partial charge in [0.2, 0.25) is 6.41 Å². The van der Waals surface area contributed by atoms with E-state index in [1.165, 1.54) is 6.07 Å². The third-order valence-corrected chi connectivity index (χ3v) is 4.70. The van der Waals surface area contributed by atoms with Crippen molar-refractivity contribution in [3.8, 4) is 0 Å². The van der Waals surface area contributed by atoms with Gasteiger partial charge in [0.25, 0.3) is 0 Å². The molecule has 142 valence electrons. The first kappa shape index (κ1) is 21.7. The molecule has 0 spiro atoms. The van der Waals surface area contributed by atoms with Crippen molar-refractivity contribution in [2.75, 3.05) is 17.6 Å². The molecular weight excluding hydrogens is 345 g/mol. The van der Waals surface area contributed by atoms with Crippen molar-refractivity contribution < 1.29 is 17.9 Å². The molecule has 0 fully saturated rings. The standard InChI is InChI=1S/C17H28FN3O3S/c1-13(20-10-9-14(19)4-3-11-25(23)24)7-8-15-16(18)5-2-6-17(15)21-12-22/h2,5-6,12-14,20H,3-4,7-11,19H2,1H3,(H,21,22)(H,23,24). The number of anilines is 1. The zero-order valence-electron chi connectivity index (χ0n) is 14.5. The number of carbonyl (C=O) groups is 1. The fourth-order valence-corrected chi connectivity index (χ4v) is 3.02. The SMILES string of the molecule is CC(CCc1c(F)cccc1NC=O)NCCC(N)CCCS(=O)O. The van der Waals surface area contributed by atoms with Gasteiger partial charge in [-0.1, -0.05) is 6.07 Å². The van der Waals surface area contributed by atoms with E-state index in [-0.39, 0.29) is 23.7 Å². The molecule has 1 rings (SSSR count). The second-order valence-electron chi connectivity index (χ2n) is 6.14. The van der Waals surface area contributed by atoms with Crippen LogP contribution in [0.2, 0.25) is 0 Å². The molecule has 0 aliphatic rings. The Morgan fingerprint density at radius 2 is 2.12 bits per heavy atom. The Hall–Kier alpha value is -1.35. The van der Waals surface area contributed by atoms with Crippen LogP contribution in [-0.2, 0) is 22.3 Å². The normalized spacial score (nSPS) is 14.7. The van der Waals surface area contributed by atoms with Crippen LogP contribution in [0.15, 0.2) is 18.2 Å². The molecule has 6 nitrogen and oxygen atoms in total. The van der Waals surface area contributed by atoms with E-state index >= 15 is 0 Å². The smallest absolute Gasteiger partial charge is 0.211 e. The molecule has 3 unspecified atom stereocenters. The Labute approximate surface area is 151 Å². The number of nitrogens with two attached hydrogens (primary N) is 1. The molecule has 1 aromatic rings. The molecular formula is C17H28FN3O3S. The first-order valence-corrected chi connectivity index (χ1v) is 9.75. The van der Waals surface area contributed by atoms with Gasteiger partial charge in [-0.2, -0.15) is 0 Å². The molecule has 0 saturated heterocycles. The van der Waals surface area contributed by atoms with Crippen LogP contribution in [-0.4, -0.2) is 39.6 Å². The monoisotopic (exact) mass is 373 g/mol. The summed E-state index contributed by atoms with van der Waals surface area (Å²) in [6.45, 7) is 2.76. The predicted octanol–water partition coefficient (Wildman–Crippen LogP) is 2.02. The van der Waals surface area contributed by atoms with Gasteiger partial charge < -0.3 is 20.9 Å². The van der Waals surface area contributed by atoms with Crippen LogP contribution in [0.1, 0.15) is 38.2 Å². The van der Waals surface area contributed by atoms with E-state index in [1.807, 2.05) is 6.92 Å². The Balaban J connectivity index is 2.30. The Bertz CT molecular complexity index is 560. The number of carbonyl (C=O) groups excluding carboxylic acids is 1. The molecule has 25 heavy (non-hydrogen) atoms. The van der Waals surface area contributed by atoms with Gasteiger partial charge in [0.1, 0.15) is 5.82 Å². The van der Waals surface area contributed by atoms with Crippen LogP contribution < -0.4 is 16.4 Å². The molecule has 1 aromatic carbocycles. The number of benzene rings is 1. The van der Waals surface area contributed by atoms with Crippen LogP contribution >= 0.6 is 0 Å². The topological polar surface area (TPSA) is 104 Å². The molecule has 8 heteroatoms. The van der Waals surface area contributed by atoms with E-state index < -0.39 is 11.1 Å². The van der Waals surface area contributed by atoms with E-state index in [0.717, 1.165) is 25.8 Å². The lowest BCUT2D eigenvalue weighted by Gasteiger charge is -2.17. The Morgan fingerprint density at radius 1 is 1.36 bits per heavy atom. The summed E-state index contributed by atoms with van der Waals surface area (Å²) >= 11 is -1.75. The first-order chi connectivity index (χ1) is 11.9. The van der Waals surface area contributed by atoms with E-state index in [0.29, 0.717) is 30.5 Å². The summed E-state index contributed by atoms with van der Waals surface area (Å²) in [6, 6.07) is 4.82. The second-order valence-corrected chi connectivity index (χ2v) is 7.19. The van der Waals surface area contributed by atoms with Gasteiger partial charge in [-0.25, -0.2) is 8.60 Å². The van der Waals surface area contributed by atoms with Crippen molar-refractivity contribution >= 4 is 23.2 Å². The zero-order valence-corrected chi connectivity index (χ0v) is 15.4. The first-order valence-electron chi connectivity index (χ1n) is 8.48. The molecule has 0 aromatic heterocycles. The highest BCUT2D eigenvalue weighted by Gasteiger charge is 2.11. The zero-order chi connectivity index (χ0) is 18.7. The summed E-state index contributed by atoms with van der Waals surface area (Å²) in [5.74, 6) is -0.0560. The van der Waals surface area contributed by atoms with Gasteiger partial charge in [-0.05, 0) is 57.7 Å². The van der Waals surface area contributed by atoms with Crippen molar-refractivity contribution in [3.05, 3.63) is 29.6 Å². The number of hydrogen-bond donors (Lipinski definition) is 4. The molecule has 5 N–H and O–H groups in total. The lowest BCUT2D eigenvalue weighted by atomic mass is 10.0. The predicted molar refractivity (Wildman–Crippen MR) is 99.3 cm³/mol. The fraction of sp³-hybridized carbons (Fsp3) is 0.588. The van der Waals surface area contributed by atoms with E-state index in [1.54, 1.807) is 12.1 Å². The molecule has 0 radical (unpaired) electrons. The van der Waals surface area contributed by atoms with Crippen LogP contribution in [0.4, 0.5) is 10.1 Å². The van der Waals surface area contributed by atoms with Crippen LogP contribution in [0.5, 0.6) is 0 Å². The largest absolute Gasteiger partial charge is 0.328 e. The molecule has 0 saturated carbocycles. The third kappa shape index (κ3) is 9.06. The maximum Gasteiger partial charge on any atom is 0.211 e. The van der Waals surface area contributed by atoms with Crippen molar-refractivity contribution in [2.45, 2.75) is 51.1 Å².